The molecule has 0 aliphatic heterocycles. The molecule has 1 aromatic carbocycles. The van der Waals surface area contributed by atoms with Crippen LogP contribution in [0.1, 0.15) is 44.1 Å². The molecule has 4 aliphatic carbocycles. The highest BCUT2D eigenvalue weighted by Crippen LogP contribution is 2.63. The fraction of sp³-hybridized carbons (Fsp3) is 0.591. The third-order valence-corrected chi connectivity index (χ3v) is 8.45. The highest BCUT2D eigenvalue weighted by Gasteiger charge is 2.60. The Bertz CT molecular complexity index is 1000. The molecule has 0 aromatic heterocycles. The highest BCUT2D eigenvalue weighted by atomic mass is 32.2. The molecule has 5 rings (SSSR count). The molecule has 1 aromatic rings. The summed E-state index contributed by atoms with van der Waals surface area (Å²) in [5, 5.41) is 0. The Morgan fingerprint density at radius 1 is 1.16 bits per heavy atom. The summed E-state index contributed by atoms with van der Waals surface area (Å²) >= 11 is 0. The normalized spacial score (nSPS) is 32.1. The zero-order chi connectivity index (χ0) is 22.7. The second kappa shape index (κ2) is 7.33. The van der Waals surface area contributed by atoms with E-state index in [1.165, 1.54) is 6.07 Å². The minimum Gasteiger partial charge on any atom is -0.462 e. The van der Waals surface area contributed by atoms with Crippen molar-refractivity contribution in [3.8, 4) is 0 Å². The van der Waals surface area contributed by atoms with Crippen LogP contribution in [0, 0.1) is 24.2 Å². The fourth-order valence-electron chi connectivity index (χ4n) is 6.17. The van der Waals surface area contributed by atoms with Crippen molar-refractivity contribution in [3.63, 3.8) is 0 Å². The van der Waals surface area contributed by atoms with E-state index < -0.39 is 38.9 Å². The van der Waals surface area contributed by atoms with Crippen LogP contribution in [0.3, 0.4) is 0 Å². The SMILES string of the molecule is C=C(C(=O)OCC12CC3CC(C1)CC(OS(=O)(=O)c1ccccc1C)(C3)C2)C(F)(F)F. The molecular formula is C22H25F3O5S. The smallest absolute Gasteiger partial charge is 0.422 e. The van der Waals surface area contributed by atoms with Gasteiger partial charge in [0.2, 0.25) is 0 Å². The van der Waals surface area contributed by atoms with Crippen LogP contribution in [0.2, 0.25) is 0 Å². The maximum absolute atomic E-state index is 13.1. The molecular weight excluding hydrogens is 433 g/mol. The van der Waals surface area contributed by atoms with Crippen molar-refractivity contribution in [2.45, 2.75) is 62.1 Å². The van der Waals surface area contributed by atoms with E-state index in [0.29, 0.717) is 37.7 Å². The van der Waals surface area contributed by atoms with Gasteiger partial charge < -0.3 is 4.74 Å². The number of carbonyl (C=O) groups is 1. The minimum atomic E-state index is -4.84. The van der Waals surface area contributed by atoms with E-state index in [2.05, 4.69) is 6.58 Å². The number of esters is 1. The van der Waals surface area contributed by atoms with E-state index in [0.717, 1.165) is 6.42 Å². The standard InChI is InChI=1S/C22H25F3O5S/c1-14-5-3-4-6-18(14)31(27,28)30-21-10-16-7-17(11-21)9-20(8-16,12-21)13-29-19(26)15(2)22(23,24)25/h3-6,16-17H,2,7-13H2,1H3. The zero-order valence-corrected chi connectivity index (χ0v) is 18.0. The van der Waals surface area contributed by atoms with E-state index in [9.17, 15) is 26.4 Å². The molecule has 0 N–H and O–H groups in total. The molecule has 2 unspecified atom stereocenters. The van der Waals surface area contributed by atoms with Gasteiger partial charge in [0.1, 0.15) is 5.57 Å². The molecule has 9 heteroatoms. The Kier molecular flexibility index (Phi) is 5.28. The van der Waals surface area contributed by atoms with E-state index in [1.54, 1.807) is 25.1 Å². The van der Waals surface area contributed by atoms with Gasteiger partial charge in [-0.05, 0) is 68.9 Å². The van der Waals surface area contributed by atoms with E-state index in [-0.39, 0.29) is 23.3 Å². The summed E-state index contributed by atoms with van der Waals surface area (Å²) in [6.45, 7) is 4.30. The number of aryl methyl sites for hydroxylation is 1. The molecule has 4 fully saturated rings. The number of ether oxygens (including phenoxy) is 1. The van der Waals surface area contributed by atoms with Crippen molar-refractivity contribution < 1.29 is 35.3 Å². The lowest BCUT2D eigenvalue weighted by atomic mass is 9.48. The first-order valence-corrected chi connectivity index (χ1v) is 11.7. The summed E-state index contributed by atoms with van der Waals surface area (Å²) < 4.78 is 75.2. The first-order chi connectivity index (χ1) is 14.3. The molecule has 0 amide bonds. The largest absolute Gasteiger partial charge is 0.462 e. The summed E-state index contributed by atoms with van der Waals surface area (Å²) in [4.78, 5) is 12.0. The van der Waals surface area contributed by atoms with Gasteiger partial charge in [-0.15, -0.1) is 0 Å². The monoisotopic (exact) mass is 458 g/mol. The average molecular weight is 458 g/mol. The van der Waals surface area contributed by atoms with E-state index in [1.807, 2.05) is 0 Å². The van der Waals surface area contributed by atoms with Crippen LogP contribution >= 0.6 is 0 Å². The lowest BCUT2D eigenvalue weighted by Crippen LogP contribution is -2.58. The van der Waals surface area contributed by atoms with Crippen molar-refractivity contribution in [3.05, 3.63) is 42.0 Å². The molecule has 0 radical (unpaired) electrons. The van der Waals surface area contributed by atoms with Gasteiger partial charge in [0.25, 0.3) is 10.1 Å². The van der Waals surface area contributed by atoms with Gasteiger partial charge in [0, 0.05) is 5.41 Å². The van der Waals surface area contributed by atoms with Crippen molar-refractivity contribution in [2.75, 3.05) is 6.61 Å². The number of alkyl halides is 3. The van der Waals surface area contributed by atoms with Crippen LogP contribution in [-0.4, -0.2) is 32.8 Å². The minimum absolute atomic E-state index is 0.118. The maximum Gasteiger partial charge on any atom is 0.422 e. The van der Waals surface area contributed by atoms with Crippen molar-refractivity contribution in [1.29, 1.82) is 0 Å². The first kappa shape index (κ1) is 22.3. The van der Waals surface area contributed by atoms with Gasteiger partial charge in [0.15, 0.2) is 0 Å². The predicted octanol–water partition coefficient (Wildman–Crippen LogP) is 4.70. The predicted molar refractivity (Wildman–Crippen MR) is 105 cm³/mol. The molecule has 0 heterocycles. The fourth-order valence-corrected chi connectivity index (χ4v) is 7.63. The van der Waals surface area contributed by atoms with E-state index in [4.69, 9.17) is 8.92 Å². The Labute approximate surface area is 179 Å². The molecule has 31 heavy (non-hydrogen) atoms. The number of halogens is 3. The van der Waals surface area contributed by atoms with Crippen LogP contribution in [0.4, 0.5) is 13.2 Å². The molecule has 0 spiro atoms. The zero-order valence-electron chi connectivity index (χ0n) is 17.2. The molecule has 2 atom stereocenters. The lowest BCUT2D eigenvalue weighted by Gasteiger charge is -2.60. The van der Waals surface area contributed by atoms with Crippen LogP contribution in [0.5, 0.6) is 0 Å². The van der Waals surface area contributed by atoms with Gasteiger partial charge in [0.05, 0.1) is 17.1 Å². The number of rotatable bonds is 6. The number of hydrogen-bond acceptors (Lipinski definition) is 5. The second-order valence-corrected chi connectivity index (χ2v) is 11.0. The average Bonchev–Trinajstić information content (AvgIpc) is 2.63. The summed E-state index contributed by atoms with van der Waals surface area (Å²) in [6, 6.07) is 6.59. The quantitative estimate of drug-likeness (QED) is 0.351. The Hall–Kier alpha value is -1.87. The van der Waals surface area contributed by atoms with Gasteiger partial charge in [-0.1, -0.05) is 24.8 Å². The van der Waals surface area contributed by atoms with Gasteiger partial charge >= 0.3 is 12.1 Å². The topological polar surface area (TPSA) is 69.7 Å². The van der Waals surface area contributed by atoms with Crippen LogP contribution in [0.25, 0.3) is 0 Å². The lowest BCUT2D eigenvalue weighted by molar-refractivity contribution is -0.179. The van der Waals surface area contributed by atoms with Gasteiger partial charge in [-0.2, -0.15) is 21.6 Å². The van der Waals surface area contributed by atoms with Crippen LogP contribution in [0.15, 0.2) is 41.3 Å². The summed E-state index contributed by atoms with van der Waals surface area (Å²) in [6.07, 6.45) is -1.04. The first-order valence-electron chi connectivity index (χ1n) is 10.3. The number of benzene rings is 1. The molecule has 0 saturated heterocycles. The summed E-state index contributed by atoms with van der Waals surface area (Å²) in [7, 11) is -4.01. The van der Waals surface area contributed by atoms with Gasteiger partial charge in [-0.25, -0.2) is 4.79 Å². The maximum atomic E-state index is 13.1. The Balaban J connectivity index is 1.54. The number of hydrogen-bond donors (Lipinski definition) is 0. The summed E-state index contributed by atoms with van der Waals surface area (Å²) in [5.41, 5.74) is -2.45. The third kappa shape index (κ3) is 4.26. The van der Waals surface area contributed by atoms with E-state index >= 15 is 0 Å². The Morgan fingerprint density at radius 3 is 2.35 bits per heavy atom. The van der Waals surface area contributed by atoms with Gasteiger partial charge in [-0.3, -0.25) is 4.18 Å². The van der Waals surface area contributed by atoms with Crippen molar-refractivity contribution in [2.24, 2.45) is 17.3 Å². The molecule has 170 valence electrons. The molecule has 4 saturated carbocycles. The number of carbonyl (C=O) groups excluding carboxylic acids is 1. The van der Waals surface area contributed by atoms with Crippen molar-refractivity contribution in [1.82, 2.24) is 0 Å². The Morgan fingerprint density at radius 2 is 1.77 bits per heavy atom. The van der Waals surface area contributed by atoms with Crippen molar-refractivity contribution >= 4 is 16.1 Å². The highest BCUT2D eigenvalue weighted by molar-refractivity contribution is 7.86. The molecule has 4 aliphatic rings. The molecule has 4 bridgehead atoms. The second-order valence-electron chi connectivity index (χ2n) is 9.50. The van der Waals surface area contributed by atoms with Crippen LogP contribution in [-0.2, 0) is 23.8 Å². The third-order valence-electron chi connectivity index (χ3n) is 6.88. The van der Waals surface area contributed by atoms with Crippen LogP contribution < -0.4 is 0 Å². The molecule has 5 nitrogen and oxygen atoms in total. The summed E-state index contributed by atoms with van der Waals surface area (Å²) in [5.74, 6) is -1.10.